The molecule has 0 atom stereocenters. The minimum Gasteiger partial charge on any atom is -0.314 e. The number of halogens is 3. The van der Waals surface area contributed by atoms with Gasteiger partial charge in [-0.3, -0.25) is 4.68 Å². The Labute approximate surface area is 92.6 Å². The van der Waals surface area contributed by atoms with E-state index < -0.39 is 11.9 Å². The number of nitrogens with one attached hydrogen (secondary N) is 1. The van der Waals surface area contributed by atoms with Crippen LogP contribution in [0.1, 0.15) is 25.2 Å². The summed E-state index contributed by atoms with van der Waals surface area (Å²) in [5.41, 5.74) is -0.262. The molecule has 92 valence electrons. The van der Waals surface area contributed by atoms with Crippen molar-refractivity contribution in [2.45, 2.75) is 33.1 Å². The third kappa shape index (κ3) is 3.23. The van der Waals surface area contributed by atoms with Gasteiger partial charge >= 0.3 is 6.18 Å². The molecular weight excluding hydrogens is 219 g/mol. The second kappa shape index (κ2) is 4.86. The standard InChI is InChI=1S/C10H16F3N3/c1-7(2)6-16-8(5-14-3)4-9(15-16)10(11,12)13/h4,7,14H,5-6H2,1-3H3. The minimum absolute atomic E-state index is 0.261. The van der Waals surface area contributed by atoms with Gasteiger partial charge < -0.3 is 5.32 Å². The van der Waals surface area contributed by atoms with Crippen LogP contribution < -0.4 is 5.32 Å². The van der Waals surface area contributed by atoms with E-state index in [0.29, 0.717) is 18.8 Å². The summed E-state index contributed by atoms with van der Waals surface area (Å²) >= 11 is 0. The number of alkyl halides is 3. The molecule has 3 nitrogen and oxygen atoms in total. The first kappa shape index (κ1) is 13.0. The molecule has 1 heterocycles. The summed E-state index contributed by atoms with van der Waals surface area (Å²) in [4.78, 5) is 0. The maximum Gasteiger partial charge on any atom is 0.435 e. The van der Waals surface area contributed by atoms with Crippen LogP contribution in [-0.2, 0) is 19.3 Å². The molecular formula is C10H16F3N3. The summed E-state index contributed by atoms with van der Waals surface area (Å²) in [6.07, 6.45) is -4.37. The fourth-order valence-electron chi connectivity index (χ4n) is 1.42. The molecule has 0 amide bonds. The van der Waals surface area contributed by atoms with Crippen molar-refractivity contribution in [3.63, 3.8) is 0 Å². The number of aromatic nitrogens is 2. The molecule has 16 heavy (non-hydrogen) atoms. The third-order valence-electron chi connectivity index (χ3n) is 2.05. The number of hydrogen-bond acceptors (Lipinski definition) is 2. The summed E-state index contributed by atoms with van der Waals surface area (Å²) in [7, 11) is 1.69. The second-order valence-electron chi connectivity index (χ2n) is 4.12. The summed E-state index contributed by atoms with van der Waals surface area (Å²) < 4.78 is 38.8. The van der Waals surface area contributed by atoms with Crippen LogP contribution in [0, 0.1) is 5.92 Å². The summed E-state index contributed by atoms with van der Waals surface area (Å²) in [6.45, 7) is 4.76. The normalized spacial score (nSPS) is 12.4. The largest absolute Gasteiger partial charge is 0.435 e. The van der Waals surface area contributed by atoms with Crippen LogP contribution in [0.4, 0.5) is 13.2 Å². The van der Waals surface area contributed by atoms with E-state index in [2.05, 4.69) is 10.4 Å². The highest BCUT2D eigenvalue weighted by atomic mass is 19.4. The zero-order valence-electron chi connectivity index (χ0n) is 9.60. The molecule has 1 aromatic rings. The minimum atomic E-state index is -4.37. The molecule has 1 rings (SSSR count). The van der Waals surface area contributed by atoms with Crippen molar-refractivity contribution in [1.29, 1.82) is 0 Å². The lowest BCUT2D eigenvalue weighted by Crippen LogP contribution is -2.15. The van der Waals surface area contributed by atoms with Gasteiger partial charge in [0.05, 0.1) is 5.69 Å². The van der Waals surface area contributed by atoms with Crippen LogP contribution in [0.15, 0.2) is 6.07 Å². The number of nitrogens with zero attached hydrogens (tertiary/aromatic N) is 2. The van der Waals surface area contributed by atoms with Crippen LogP contribution in [0.25, 0.3) is 0 Å². The van der Waals surface area contributed by atoms with E-state index in [9.17, 15) is 13.2 Å². The van der Waals surface area contributed by atoms with E-state index in [1.165, 1.54) is 4.68 Å². The van der Waals surface area contributed by atoms with Gasteiger partial charge in [-0.15, -0.1) is 0 Å². The molecule has 0 spiro atoms. The maximum atomic E-state index is 12.5. The molecule has 6 heteroatoms. The molecule has 1 N–H and O–H groups in total. The molecule has 0 bridgehead atoms. The highest BCUT2D eigenvalue weighted by Crippen LogP contribution is 2.28. The highest BCUT2D eigenvalue weighted by Gasteiger charge is 2.34. The average molecular weight is 235 g/mol. The van der Waals surface area contributed by atoms with Crippen molar-refractivity contribution < 1.29 is 13.2 Å². The second-order valence-corrected chi connectivity index (χ2v) is 4.12. The topological polar surface area (TPSA) is 29.9 Å². The van der Waals surface area contributed by atoms with E-state index >= 15 is 0 Å². The Hall–Kier alpha value is -1.04. The van der Waals surface area contributed by atoms with Crippen LogP contribution in [0.2, 0.25) is 0 Å². The van der Waals surface area contributed by atoms with Crippen molar-refractivity contribution in [2.75, 3.05) is 7.05 Å². The molecule has 0 aromatic carbocycles. The van der Waals surface area contributed by atoms with Gasteiger partial charge in [0, 0.05) is 13.1 Å². The average Bonchev–Trinajstić information content (AvgIpc) is 2.47. The summed E-state index contributed by atoms with van der Waals surface area (Å²) in [6, 6.07) is 1.10. The Bertz CT molecular complexity index is 342. The van der Waals surface area contributed by atoms with Crippen molar-refractivity contribution in [3.05, 3.63) is 17.5 Å². The van der Waals surface area contributed by atoms with Crippen LogP contribution in [0.5, 0.6) is 0 Å². The highest BCUT2D eigenvalue weighted by molar-refractivity contribution is 5.13. The van der Waals surface area contributed by atoms with E-state index in [-0.39, 0.29) is 5.92 Å². The van der Waals surface area contributed by atoms with Gasteiger partial charge in [0.15, 0.2) is 5.69 Å². The van der Waals surface area contributed by atoms with Gasteiger partial charge in [-0.2, -0.15) is 18.3 Å². The van der Waals surface area contributed by atoms with Gasteiger partial charge in [-0.25, -0.2) is 0 Å². The SMILES string of the molecule is CNCc1cc(C(F)(F)F)nn1CC(C)C. The first-order valence-electron chi connectivity index (χ1n) is 5.13. The zero-order valence-corrected chi connectivity index (χ0v) is 9.60. The Balaban J connectivity index is 3.00. The molecule has 0 fully saturated rings. The summed E-state index contributed by atoms with van der Waals surface area (Å²) in [5, 5.41) is 6.43. The van der Waals surface area contributed by atoms with Gasteiger partial charge in [-0.1, -0.05) is 13.8 Å². The van der Waals surface area contributed by atoms with Gasteiger partial charge in [-0.05, 0) is 19.0 Å². The van der Waals surface area contributed by atoms with Crippen molar-refractivity contribution >= 4 is 0 Å². The Morgan fingerprint density at radius 2 is 2.06 bits per heavy atom. The predicted octanol–water partition coefficient (Wildman–Crippen LogP) is 2.28. The molecule has 0 unspecified atom stereocenters. The monoisotopic (exact) mass is 235 g/mol. The molecule has 0 saturated heterocycles. The lowest BCUT2D eigenvalue weighted by molar-refractivity contribution is -0.141. The molecule has 0 saturated carbocycles. The summed E-state index contributed by atoms with van der Waals surface area (Å²) in [5.74, 6) is 0.261. The predicted molar refractivity (Wildman–Crippen MR) is 54.8 cm³/mol. The fourth-order valence-corrected chi connectivity index (χ4v) is 1.42. The van der Waals surface area contributed by atoms with Gasteiger partial charge in [0.2, 0.25) is 0 Å². The lowest BCUT2D eigenvalue weighted by atomic mass is 10.2. The van der Waals surface area contributed by atoms with E-state index in [1.54, 1.807) is 7.05 Å². The lowest BCUT2D eigenvalue weighted by Gasteiger charge is -2.09. The molecule has 0 aliphatic heterocycles. The van der Waals surface area contributed by atoms with Crippen molar-refractivity contribution in [1.82, 2.24) is 15.1 Å². The van der Waals surface area contributed by atoms with Crippen LogP contribution >= 0.6 is 0 Å². The first-order chi connectivity index (χ1) is 7.34. The number of hydrogen-bond donors (Lipinski definition) is 1. The van der Waals surface area contributed by atoms with Crippen molar-refractivity contribution in [3.8, 4) is 0 Å². The third-order valence-corrected chi connectivity index (χ3v) is 2.05. The molecule has 0 aliphatic rings. The molecule has 0 aliphatic carbocycles. The van der Waals surface area contributed by atoms with E-state index in [0.717, 1.165) is 6.07 Å². The fraction of sp³-hybridized carbons (Fsp3) is 0.700. The van der Waals surface area contributed by atoms with Crippen molar-refractivity contribution in [2.24, 2.45) is 5.92 Å². The van der Waals surface area contributed by atoms with Gasteiger partial charge in [0.25, 0.3) is 0 Å². The molecule has 1 aromatic heterocycles. The Kier molecular flexibility index (Phi) is 3.96. The van der Waals surface area contributed by atoms with E-state index in [4.69, 9.17) is 0 Å². The van der Waals surface area contributed by atoms with Gasteiger partial charge in [0.1, 0.15) is 0 Å². The first-order valence-corrected chi connectivity index (χ1v) is 5.13. The molecule has 0 radical (unpaired) electrons. The smallest absolute Gasteiger partial charge is 0.314 e. The van der Waals surface area contributed by atoms with Crippen LogP contribution in [-0.4, -0.2) is 16.8 Å². The Morgan fingerprint density at radius 3 is 2.50 bits per heavy atom. The van der Waals surface area contributed by atoms with E-state index in [1.807, 2.05) is 13.8 Å². The zero-order chi connectivity index (χ0) is 12.3. The van der Waals surface area contributed by atoms with Crippen LogP contribution in [0.3, 0.4) is 0 Å². The maximum absolute atomic E-state index is 12.5. The Morgan fingerprint density at radius 1 is 1.44 bits per heavy atom. The quantitative estimate of drug-likeness (QED) is 0.867. The number of rotatable bonds is 4.